The van der Waals surface area contributed by atoms with Crippen molar-refractivity contribution < 1.29 is 4.74 Å². The molecule has 0 amide bonds. The van der Waals surface area contributed by atoms with Crippen LogP contribution in [0.5, 0.6) is 5.75 Å². The molecule has 0 saturated heterocycles. The van der Waals surface area contributed by atoms with Crippen LogP contribution in [-0.4, -0.2) is 5.60 Å². The molecule has 0 radical (unpaired) electrons. The largest absolute Gasteiger partial charge is 0.488 e. The van der Waals surface area contributed by atoms with Gasteiger partial charge in [-0.25, -0.2) is 0 Å². The number of nitrogens with two attached hydrogens (primary N) is 1. The molecule has 0 spiro atoms. The van der Waals surface area contributed by atoms with Crippen molar-refractivity contribution in [1.29, 1.82) is 0 Å². The van der Waals surface area contributed by atoms with Crippen molar-refractivity contribution in [3.63, 3.8) is 0 Å². The molecule has 0 aliphatic heterocycles. The van der Waals surface area contributed by atoms with E-state index in [4.69, 9.17) is 10.6 Å². The van der Waals surface area contributed by atoms with Crippen molar-refractivity contribution in [3.8, 4) is 5.75 Å². The number of nitrogen functional groups attached to an aromatic ring is 1. The van der Waals surface area contributed by atoms with E-state index < -0.39 is 0 Å². The van der Waals surface area contributed by atoms with Crippen LogP contribution in [0.15, 0.2) is 48.5 Å². The van der Waals surface area contributed by atoms with E-state index >= 15 is 0 Å². The fourth-order valence-corrected chi connectivity index (χ4v) is 1.78. The van der Waals surface area contributed by atoms with Gasteiger partial charge < -0.3 is 15.5 Å². The highest BCUT2D eigenvalue weighted by molar-refractivity contribution is 5.62. The number of hydrogen-bond acceptors (Lipinski definition) is 4. The van der Waals surface area contributed by atoms with Crippen LogP contribution in [0.4, 0.5) is 17.1 Å². The molecule has 0 aliphatic carbocycles. The van der Waals surface area contributed by atoms with Gasteiger partial charge in [-0.05, 0) is 69.3 Å². The number of benzene rings is 2. The van der Waals surface area contributed by atoms with Crippen LogP contribution in [0, 0.1) is 0 Å². The summed E-state index contributed by atoms with van der Waals surface area (Å²) in [5.41, 5.74) is 5.32. The lowest BCUT2D eigenvalue weighted by Gasteiger charge is -2.21. The first kappa shape index (κ1) is 14.2. The Hall–Kier alpha value is -2.20. The van der Waals surface area contributed by atoms with Gasteiger partial charge in [0.1, 0.15) is 11.4 Å². The molecule has 4 N–H and O–H groups in total. The van der Waals surface area contributed by atoms with Gasteiger partial charge >= 0.3 is 0 Å². The third kappa shape index (κ3) is 4.17. The Balaban J connectivity index is 2.02. The quantitative estimate of drug-likeness (QED) is 0.583. The Morgan fingerprint density at radius 2 is 1.25 bits per heavy atom. The third-order valence-electron chi connectivity index (χ3n) is 2.62. The Kier molecular flexibility index (Phi) is 4.15. The molecular weight excluding hydrogens is 250 g/mol. The van der Waals surface area contributed by atoms with Gasteiger partial charge in [0.25, 0.3) is 0 Å². The molecule has 2 rings (SSSR count). The molecule has 106 valence electrons. The standard InChI is InChI=1S/C16H21N3O/c1-16(2,3)20-15-10-8-13(9-11-15)18-12-4-6-14(19-17)7-5-12/h4-11,18-19H,17H2,1-3H3. The van der Waals surface area contributed by atoms with Crippen molar-refractivity contribution in [2.75, 3.05) is 10.7 Å². The predicted octanol–water partition coefficient (Wildman–Crippen LogP) is 3.89. The van der Waals surface area contributed by atoms with E-state index in [1.807, 2.05) is 69.3 Å². The minimum Gasteiger partial charge on any atom is -0.488 e. The highest BCUT2D eigenvalue weighted by Gasteiger charge is 2.11. The first-order valence-electron chi connectivity index (χ1n) is 6.59. The minimum absolute atomic E-state index is 0.181. The van der Waals surface area contributed by atoms with E-state index in [0.29, 0.717) is 0 Å². The van der Waals surface area contributed by atoms with E-state index in [1.165, 1.54) is 0 Å². The number of ether oxygens (including phenoxy) is 1. The van der Waals surface area contributed by atoms with Crippen LogP contribution in [0.2, 0.25) is 0 Å². The van der Waals surface area contributed by atoms with Gasteiger partial charge in [-0.1, -0.05) is 0 Å². The zero-order valence-corrected chi connectivity index (χ0v) is 12.1. The molecule has 0 unspecified atom stereocenters. The summed E-state index contributed by atoms with van der Waals surface area (Å²) in [6, 6.07) is 15.7. The van der Waals surface area contributed by atoms with Crippen molar-refractivity contribution in [1.82, 2.24) is 0 Å². The van der Waals surface area contributed by atoms with Crippen LogP contribution >= 0.6 is 0 Å². The lowest BCUT2D eigenvalue weighted by molar-refractivity contribution is 0.131. The first-order valence-corrected chi connectivity index (χ1v) is 6.59. The number of hydrazine groups is 1. The highest BCUT2D eigenvalue weighted by Crippen LogP contribution is 2.23. The van der Waals surface area contributed by atoms with E-state index in [1.54, 1.807) is 0 Å². The molecule has 2 aromatic rings. The van der Waals surface area contributed by atoms with E-state index in [2.05, 4.69) is 10.7 Å². The van der Waals surface area contributed by atoms with Crippen LogP contribution in [0.1, 0.15) is 20.8 Å². The highest BCUT2D eigenvalue weighted by atomic mass is 16.5. The number of nitrogens with one attached hydrogen (secondary N) is 2. The maximum absolute atomic E-state index is 5.79. The van der Waals surface area contributed by atoms with Crippen LogP contribution in [0.25, 0.3) is 0 Å². The second-order valence-corrected chi connectivity index (χ2v) is 5.59. The average Bonchev–Trinajstić information content (AvgIpc) is 2.40. The molecule has 4 nitrogen and oxygen atoms in total. The predicted molar refractivity (Wildman–Crippen MR) is 84.4 cm³/mol. The zero-order chi connectivity index (χ0) is 14.6. The lowest BCUT2D eigenvalue weighted by Crippen LogP contribution is -2.22. The van der Waals surface area contributed by atoms with Gasteiger partial charge in [-0.15, -0.1) is 0 Å². The van der Waals surface area contributed by atoms with Crippen molar-refractivity contribution in [2.24, 2.45) is 5.84 Å². The molecule has 0 saturated carbocycles. The lowest BCUT2D eigenvalue weighted by atomic mass is 10.2. The Labute approximate surface area is 119 Å². The third-order valence-corrected chi connectivity index (χ3v) is 2.62. The summed E-state index contributed by atoms with van der Waals surface area (Å²) in [5.74, 6) is 6.20. The summed E-state index contributed by atoms with van der Waals surface area (Å²) in [6.07, 6.45) is 0. The van der Waals surface area contributed by atoms with Crippen LogP contribution < -0.4 is 21.3 Å². The number of hydrogen-bond donors (Lipinski definition) is 3. The maximum Gasteiger partial charge on any atom is 0.120 e. The van der Waals surface area contributed by atoms with E-state index in [9.17, 15) is 0 Å². The molecule has 4 heteroatoms. The average molecular weight is 271 g/mol. The van der Waals surface area contributed by atoms with Crippen molar-refractivity contribution >= 4 is 17.1 Å². The number of anilines is 3. The van der Waals surface area contributed by atoms with Crippen LogP contribution in [0.3, 0.4) is 0 Å². The second-order valence-electron chi connectivity index (χ2n) is 5.59. The summed E-state index contributed by atoms with van der Waals surface area (Å²) in [6.45, 7) is 6.10. The molecular formula is C16H21N3O. The maximum atomic E-state index is 5.79. The van der Waals surface area contributed by atoms with Gasteiger partial charge in [-0.3, -0.25) is 5.84 Å². The minimum atomic E-state index is -0.181. The first-order chi connectivity index (χ1) is 9.46. The van der Waals surface area contributed by atoms with Crippen molar-refractivity contribution in [2.45, 2.75) is 26.4 Å². The molecule has 0 bridgehead atoms. The fraction of sp³-hybridized carbons (Fsp3) is 0.250. The Morgan fingerprint density at radius 1 is 0.800 bits per heavy atom. The SMILES string of the molecule is CC(C)(C)Oc1ccc(Nc2ccc(NN)cc2)cc1. The molecule has 0 aromatic heterocycles. The second kappa shape index (κ2) is 5.84. The molecule has 0 fully saturated rings. The molecule has 20 heavy (non-hydrogen) atoms. The topological polar surface area (TPSA) is 59.3 Å². The van der Waals surface area contributed by atoms with E-state index in [-0.39, 0.29) is 5.60 Å². The molecule has 2 aromatic carbocycles. The number of rotatable bonds is 4. The smallest absolute Gasteiger partial charge is 0.120 e. The van der Waals surface area contributed by atoms with E-state index in [0.717, 1.165) is 22.8 Å². The van der Waals surface area contributed by atoms with Gasteiger partial charge in [-0.2, -0.15) is 0 Å². The summed E-state index contributed by atoms with van der Waals surface area (Å²) in [7, 11) is 0. The Morgan fingerprint density at radius 3 is 1.70 bits per heavy atom. The van der Waals surface area contributed by atoms with Crippen molar-refractivity contribution in [3.05, 3.63) is 48.5 Å². The summed E-state index contributed by atoms with van der Waals surface area (Å²) in [5, 5.41) is 3.32. The summed E-state index contributed by atoms with van der Waals surface area (Å²) in [4.78, 5) is 0. The van der Waals surface area contributed by atoms with Gasteiger partial charge in [0, 0.05) is 17.1 Å². The van der Waals surface area contributed by atoms with Gasteiger partial charge in [0.15, 0.2) is 0 Å². The molecule has 0 aliphatic rings. The summed E-state index contributed by atoms with van der Waals surface area (Å²) >= 11 is 0. The summed E-state index contributed by atoms with van der Waals surface area (Å²) < 4.78 is 5.79. The van der Waals surface area contributed by atoms with Crippen LogP contribution in [-0.2, 0) is 0 Å². The molecule has 0 atom stereocenters. The normalized spacial score (nSPS) is 11.0. The van der Waals surface area contributed by atoms with Gasteiger partial charge in [0.2, 0.25) is 0 Å². The fourth-order valence-electron chi connectivity index (χ4n) is 1.78. The zero-order valence-electron chi connectivity index (χ0n) is 12.1. The monoisotopic (exact) mass is 271 g/mol. The van der Waals surface area contributed by atoms with Gasteiger partial charge in [0.05, 0.1) is 0 Å². The molecule has 0 heterocycles. The Bertz CT molecular complexity index is 541.